The molecule has 0 fully saturated rings. The lowest BCUT2D eigenvalue weighted by molar-refractivity contribution is -0.114. The van der Waals surface area contributed by atoms with Gasteiger partial charge in [0.25, 0.3) is 0 Å². The Morgan fingerprint density at radius 3 is 2.38 bits per heavy atom. The molecule has 1 aromatic heterocycles. The second-order valence-corrected chi connectivity index (χ2v) is 5.75. The highest BCUT2D eigenvalue weighted by molar-refractivity contribution is 8.00. The number of pyridine rings is 1. The van der Waals surface area contributed by atoms with Gasteiger partial charge in [-0.2, -0.15) is 0 Å². The Morgan fingerprint density at radius 2 is 1.75 bits per heavy atom. The van der Waals surface area contributed by atoms with Crippen molar-refractivity contribution in [2.75, 3.05) is 28.7 Å². The Labute approximate surface area is 145 Å². The van der Waals surface area contributed by atoms with E-state index >= 15 is 0 Å². The molecule has 0 unspecified atom stereocenters. The standard InChI is InChI=1S/C17H19N3O3S/c1-2-23-14-8-6-13(7-9-14)19-16(21)11-24-12-17(22)20-15-5-3-4-10-18-15/h3-10H,2,11-12H2,1H3,(H,19,21)(H,18,20,22). The summed E-state index contributed by atoms with van der Waals surface area (Å²) >= 11 is 1.24. The zero-order chi connectivity index (χ0) is 17.2. The number of hydrogen-bond acceptors (Lipinski definition) is 5. The van der Waals surface area contributed by atoms with Crippen LogP contribution in [0.5, 0.6) is 5.75 Å². The summed E-state index contributed by atoms with van der Waals surface area (Å²) in [6, 6.07) is 12.4. The normalized spacial score (nSPS) is 10.0. The highest BCUT2D eigenvalue weighted by Crippen LogP contribution is 2.16. The quantitative estimate of drug-likeness (QED) is 0.769. The first kappa shape index (κ1) is 17.8. The van der Waals surface area contributed by atoms with E-state index in [9.17, 15) is 9.59 Å². The third-order valence-corrected chi connectivity index (χ3v) is 3.78. The molecule has 2 amide bonds. The molecule has 24 heavy (non-hydrogen) atoms. The SMILES string of the molecule is CCOc1ccc(NC(=O)CSCC(=O)Nc2ccccn2)cc1. The van der Waals surface area contributed by atoms with E-state index in [1.54, 1.807) is 48.7 Å². The van der Waals surface area contributed by atoms with Crippen molar-refractivity contribution in [3.8, 4) is 5.75 Å². The minimum absolute atomic E-state index is 0.158. The molecule has 1 heterocycles. The first-order chi connectivity index (χ1) is 11.7. The lowest BCUT2D eigenvalue weighted by atomic mass is 10.3. The smallest absolute Gasteiger partial charge is 0.235 e. The second kappa shape index (κ2) is 9.57. The highest BCUT2D eigenvalue weighted by Gasteiger charge is 2.07. The number of nitrogens with one attached hydrogen (secondary N) is 2. The first-order valence-electron chi connectivity index (χ1n) is 7.48. The number of benzene rings is 1. The molecule has 0 aliphatic carbocycles. The van der Waals surface area contributed by atoms with E-state index in [0.717, 1.165) is 5.75 Å². The van der Waals surface area contributed by atoms with Gasteiger partial charge in [-0.1, -0.05) is 6.07 Å². The van der Waals surface area contributed by atoms with Gasteiger partial charge in [-0.25, -0.2) is 4.98 Å². The Bertz CT molecular complexity index is 663. The number of nitrogens with zero attached hydrogens (tertiary/aromatic N) is 1. The zero-order valence-corrected chi connectivity index (χ0v) is 14.1. The van der Waals surface area contributed by atoms with E-state index in [4.69, 9.17) is 4.74 Å². The van der Waals surface area contributed by atoms with Crippen molar-refractivity contribution < 1.29 is 14.3 Å². The van der Waals surface area contributed by atoms with E-state index < -0.39 is 0 Å². The Balaban J connectivity index is 1.68. The summed E-state index contributed by atoms with van der Waals surface area (Å²) in [5.41, 5.74) is 0.696. The predicted molar refractivity (Wildman–Crippen MR) is 96.4 cm³/mol. The van der Waals surface area contributed by atoms with Crippen LogP contribution in [0.3, 0.4) is 0 Å². The van der Waals surface area contributed by atoms with Crippen molar-refractivity contribution >= 4 is 35.1 Å². The fourth-order valence-electron chi connectivity index (χ4n) is 1.85. The van der Waals surface area contributed by atoms with Crippen LogP contribution in [-0.2, 0) is 9.59 Å². The summed E-state index contributed by atoms with van der Waals surface area (Å²) in [4.78, 5) is 27.6. The Hall–Kier alpha value is -2.54. The topological polar surface area (TPSA) is 80.3 Å². The molecule has 126 valence electrons. The van der Waals surface area contributed by atoms with Gasteiger partial charge < -0.3 is 15.4 Å². The van der Waals surface area contributed by atoms with E-state index in [1.807, 2.05) is 6.92 Å². The largest absolute Gasteiger partial charge is 0.494 e. The summed E-state index contributed by atoms with van der Waals surface area (Å²) in [6.45, 7) is 2.51. The molecule has 0 aliphatic rings. The lowest BCUT2D eigenvalue weighted by Gasteiger charge is -2.07. The van der Waals surface area contributed by atoms with Gasteiger partial charge >= 0.3 is 0 Å². The monoisotopic (exact) mass is 345 g/mol. The van der Waals surface area contributed by atoms with Crippen molar-refractivity contribution in [1.82, 2.24) is 4.98 Å². The third-order valence-electron chi connectivity index (χ3n) is 2.85. The van der Waals surface area contributed by atoms with E-state index in [2.05, 4.69) is 15.6 Å². The third kappa shape index (κ3) is 6.29. The average molecular weight is 345 g/mol. The molecule has 0 atom stereocenters. The number of thioether (sulfide) groups is 1. The molecule has 7 heteroatoms. The average Bonchev–Trinajstić information content (AvgIpc) is 2.58. The molecular weight excluding hydrogens is 326 g/mol. The maximum atomic E-state index is 11.9. The molecular formula is C17H19N3O3S. The number of hydrogen-bond donors (Lipinski definition) is 2. The molecule has 2 rings (SSSR count). The Kier molecular flexibility index (Phi) is 7.10. The zero-order valence-electron chi connectivity index (χ0n) is 13.3. The lowest BCUT2D eigenvalue weighted by Crippen LogP contribution is -2.18. The summed E-state index contributed by atoms with van der Waals surface area (Å²) in [5, 5.41) is 5.44. The van der Waals surface area contributed by atoms with Crippen LogP contribution in [0.15, 0.2) is 48.7 Å². The fraction of sp³-hybridized carbons (Fsp3) is 0.235. The van der Waals surface area contributed by atoms with Gasteiger partial charge in [-0.05, 0) is 43.3 Å². The molecule has 2 aromatic rings. The Morgan fingerprint density at radius 1 is 1.04 bits per heavy atom. The van der Waals surface area contributed by atoms with Crippen LogP contribution < -0.4 is 15.4 Å². The van der Waals surface area contributed by atoms with Gasteiger partial charge in [-0.3, -0.25) is 9.59 Å². The molecule has 0 saturated heterocycles. The van der Waals surface area contributed by atoms with Crippen molar-refractivity contribution in [2.24, 2.45) is 0 Å². The number of aromatic nitrogens is 1. The molecule has 0 bridgehead atoms. The minimum atomic E-state index is -0.187. The van der Waals surface area contributed by atoms with Crippen LogP contribution in [0, 0.1) is 0 Å². The molecule has 2 N–H and O–H groups in total. The van der Waals surface area contributed by atoms with Crippen LogP contribution in [-0.4, -0.2) is 34.9 Å². The number of carbonyl (C=O) groups excluding carboxylic acids is 2. The summed E-state index contributed by atoms with van der Waals surface area (Å²) in [6.07, 6.45) is 1.60. The first-order valence-corrected chi connectivity index (χ1v) is 8.64. The van der Waals surface area contributed by atoms with Gasteiger partial charge in [0.1, 0.15) is 11.6 Å². The van der Waals surface area contributed by atoms with Gasteiger partial charge in [0.05, 0.1) is 18.1 Å². The van der Waals surface area contributed by atoms with Gasteiger partial charge in [0.2, 0.25) is 11.8 Å². The molecule has 1 aromatic carbocycles. The van der Waals surface area contributed by atoms with Crippen molar-refractivity contribution in [2.45, 2.75) is 6.92 Å². The number of amides is 2. The number of carbonyl (C=O) groups is 2. The van der Waals surface area contributed by atoms with Crippen molar-refractivity contribution in [1.29, 1.82) is 0 Å². The maximum Gasteiger partial charge on any atom is 0.235 e. The molecule has 6 nitrogen and oxygen atoms in total. The van der Waals surface area contributed by atoms with E-state index in [1.165, 1.54) is 11.8 Å². The van der Waals surface area contributed by atoms with Gasteiger partial charge in [0.15, 0.2) is 0 Å². The molecule has 0 radical (unpaired) electrons. The van der Waals surface area contributed by atoms with Gasteiger partial charge in [0, 0.05) is 11.9 Å². The minimum Gasteiger partial charge on any atom is -0.494 e. The van der Waals surface area contributed by atoms with E-state index in [0.29, 0.717) is 18.1 Å². The van der Waals surface area contributed by atoms with Crippen molar-refractivity contribution in [3.63, 3.8) is 0 Å². The summed E-state index contributed by atoms with van der Waals surface area (Å²) in [7, 11) is 0. The van der Waals surface area contributed by atoms with Crippen LogP contribution in [0.1, 0.15) is 6.92 Å². The number of anilines is 2. The molecule has 0 saturated carbocycles. The second-order valence-electron chi connectivity index (χ2n) is 4.76. The fourth-order valence-corrected chi connectivity index (χ4v) is 2.47. The maximum absolute atomic E-state index is 11.9. The summed E-state index contributed by atoms with van der Waals surface area (Å²) < 4.78 is 5.34. The highest BCUT2D eigenvalue weighted by atomic mass is 32.2. The van der Waals surface area contributed by atoms with E-state index in [-0.39, 0.29) is 23.3 Å². The van der Waals surface area contributed by atoms with Crippen LogP contribution >= 0.6 is 11.8 Å². The van der Waals surface area contributed by atoms with Crippen LogP contribution in [0.25, 0.3) is 0 Å². The predicted octanol–water partition coefficient (Wildman–Crippen LogP) is 2.79. The summed E-state index contributed by atoms with van der Waals surface area (Å²) in [5.74, 6) is 1.30. The number of ether oxygens (including phenoxy) is 1. The van der Waals surface area contributed by atoms with Crippen LogP contribution in [0.2, 0.25) is 0 Å². The van der Waals surface area contributed by atoms with Gasteiger partial charge in [-0.15, -0.1) is 11.8 Å². The molecule has 0 aliphatic heterocycles. The molecule has 0 spiro atoms. The number of rotatable bonds is 8. The van der Waals surface area contributed by atoms with Crippen LogP contribution in [0.4, 0.5) is 11.5 Å². The van der Waals surface area contributed by atoms with Crippen molar-refractivity contribution in [3.05, 3.63) is 48.7 Å².